The molecule has 110 valence electrons. The summed E-state index contributed by atoms with van der Waals surface area (Å²) in [5, 5.41) is 5.55. The van der Waals surface area contributed by atoms with Crippen LogP contribution in [0.5, 0.6) is 0 Å². The minimum atomic E-state index is -0.525. The highest BCUT2D eigenvalue weighted by atomic mass is 16.2. The number of hydrogen-bond acceptors (Lipinski definition) is 3. The SMILES string of the molecule is CC[C@H](N)C(=O)Nc1cccc(NC(=O)C(C)(C)C)c1. The van der Waals surface area contributed by atoms with Gasteiger partial charge in [-0.25, -0.2) is 0 Å². The lowest BCUT2D eigenvalue weighted by Crippen LogP contribution is -2.34. The molecule has 0 aliphatic carbocycles. The maximum atomic E-state index is 11.9. The van der Waals surface area contributed by atoms with Crippen molar-refractivity contribution in [3.8, 4) is 0 Å². The lowest BCUT2D eigenvalue weighted by molar-refractivity contribution is -0.123. The zero-order chi connectivity index (χ0) is 15.3. The number of carbonyl (C=O) groups is 2. The van der Waals surface area contributed by atoms with Crippen molar-refractivity contribution in [3.63, 3.8) is 0 Å². The molecule has 0 bridgehead atoms. The molecule has 1 aromatic carbocycles. The van der Waals surface area contributed by atoms with Crippen molar-refractivity contribution in [2.75, 3.05) is 10.6 Å². The van der Waals surface area contributed by atoms with Crippen LogP contribution >= 0.6 is 0 Å². The number of hydrogen-bond donors (Lipinski definition) is 3. The zero-order valence-corrected chi connectivity index (χ0v) is 12.5. The van der Waals surface area contributed by atoms with E-state index in [4.69, 9.17) is 5.73 Å². The fourth-order valence-corrected chi connectivity index (χ4v) is 1.41. The van der Waals surface area contributed by atoms with E-state index in [2.05, 4.69) is 10.6 Å². The zero-order valence-electron chi connectivity index (χ0n) is 12.5. The summed E-state index contributed by atoms with van der Waals surface area (Å²) in [6.07, 6.45) is 0.576. The molecule has 4 N–H and O–H groups in total. The van der Waals surface area contributed by atoms with Gasteiger partial charge in [-0.2, -0.15) is 0 Å². The van der Waals surface area contributed by atoms with E-state index in [-0.39, 0.29) is 11.8 Å². The van der Waals surface area contributed by atoms with Gasteiger partial charge in [-0.1, -0.05) is 33.8 Å². The number of rotatable bonds is 4. The summed E-state index contributed by atoms with van der Waals surface area (Å²) in [6, 6.07) is 6.49. The van der Waals surface area contributed by atoms with Gasteiger partial charge in [0.15, 0.2) is 0 Å². The van der Waals surface area contributed by atoms with Crippen LogP contribution in [0.3, 0.4) is 0 Å². The fraction of sp³-hybridized carbons (Fsp3) is 0.467. The first kappa shape index (κ1) is 16.2. The average molecular weight is 277 g/mol. The van der Waals surface area contributed by atoms with Crippen molar-refractivity contribution >= 4 is 23.2 Å². The Labute approximate surface area is 119 Å². The van der Waals surface area contributed by atoms with E-state index in [1.54, 1.807) is 24.3 Å². The quantitative estimate of drug-likeness (QED) is 0.789. The second kappa shape index (κ2) is 6.52. The van der Waals surface area contributed by atoms with Gasteiger partial charge in [-0.3, -0.25) is 9.59 Å². The molecule has 20 heavy (non-hydrogen) atoms. The van der Waals surface area contributed by atoms with Crippen molar-refractivity contribution in [1.29, 1.82) is 0 Å². The van der Waals surface area contributed by atoms with E-state index in [1.807, 2.05) is 27.7 Å². The van der Waals surface area contributed by atoms with Crippen LogP contribution in [-0.4, -0.2) is 17.9 Å². The Kier molecular flexibility index (Phi) is 5.27. The minimum absolute atomic E-state index is 0.0776. The van der Waals surface area contributed by atoms with Crippen LogP contribution in [0.15, 0.2) is 24.3 Å². The van der Waals surface area contributed by atoms with Gasteiger partial charge < -0.3 is 16.4 Å². The third-order valence-electron chi connectivity index (χ3n) is 2.85. The predicted molar refractivity (Wildman–Crippen MR) is 81.4 cm³/mol. The van der Waals surface area contributed by atoms with Crippen molar-refractivity contribution in [2.24, 2.45) is 11.1 Å². The molecule has 1 atom stereocenters. The summed E-state index contributed by atoms with van der Waals surface area (Å²) < 4.78 is 0. The molecule has 0 aromatic heterocycles. The van der Waals surface area contributed by atoms with Gasteiger partial charge in [0.05, 0.1) is 6.04 Å². The molecule has 0 fully saturated rings. The standard InChI is InChI=1S/C15H23N3O2/c1-5-12(16)13(19)17-10-7-6-8-11(9-10)18-14(20)15(2,3)4/h6-9,12H,5,16H2,1-4H3,(H,17,19)(H,18,20)/t12-/m0/s1. The molecular formula is C15H23N3O2. The Balaban J connectivity index is 2.76. The van der Waals surface area contributed by atoms with E-state index >= 15 is 0 Å². The first-order valence-electron chi connectivity index (χ1n) is 6.72. The number of amides is 2. The Hall–Kier alpha value is -1.88. The van der Waals surface area contributed by atoms with E-state index in [9.17, 15) is 9.59 Å². The Morgan fingerprint density at radius 1 is 1.20 bits per heavy atom. The highest BCUT2D eigenvalue weighted by molar-refractivity contribution is 5.97. The van der Waals surface area contributed by atoms with Gasteiger partial charge in [0.2, 0.25) is 11.8 Å². The first-order chi connectivity index (χ1) is 9.24. The van der Waals surface area contributed by atoms with Gasteiger partial charge in [0.1, 0.15) is 0 Å². The summed E-state index contributed by atoms with van der Waals surface area (Å²) in [7, 11) is 0. The number of nitrogens with one attached hydrogen (secondary N) is 2. The van der Waals surface area contributed by atoms with Crippen LogP contribution in [0.4, 0.5) is 11.4 Å². The molecule has 0 heterocycles. The lowest BCUT2D eigenvalue weighted by atomic mass is 9.95. The van der Waals surface area contributed by atoms with E-state index in [0.717, 1.165) is 0 Å². The van der Waals surface area contributed by atoms with Gasteiger partial charge in [0, 0.05) is 16.8 Å². The minimum Gasteiger partial charge on any atom is -0.326 e. The molecule has 0 spiro atoms. The number of anilines is 2. The predicted octanol–water partition coefficient (Wildman–Crippen LogP) is 2.35. The third-order valence-corrected chi connectivity index (χ3v) is 2.85. The van der Waals surface area contributed by atoms with E-state index in [1.165, 1.54) is 0 Å². The fourth-order valence-electron chi connectivity index (χ4n) is 1.41. The van der Waals surface area contributed by atoms with Crippen molar-refractivity contribution in [3.05, 3.63) is 24.3 Å². The molecule has 1 aromatic rings. The van der Waals surface area contributed by atoms with Gasteiger partial charge in [0.25, 0.3) is 0 Å². The molecule has 5 heteroatoms. The topological polar surface area (TPSA) is 84.2 Å². The van der Waals surface area contributed by atoms with Gasteiger partial charge in [-0.15, -0.1) is 0 Å². The molecule has 2 amide bonds. The van der Waals surface area contributed by atoms with Crippen molar-refractivity contribution in [1.82, 2.24) is 0 Å². The third kappa shape index (κ3) is 4.66. The van der Waals surface area contributed by atoms with Crippen LogP contribution in [0, 0.1) is 5.41 Å². The number of benzene rings is 1. The molecule has 0 saturated heterocycles. The molecule has 5 nitrogen and oxygen atoms in total. The van der Waals surface area contributed by atoms with E-state index in [0.29, 0.717) is 17.8 Å². The highest BCUT2D eigenvalue weighted by Gasteiger charge is 2.21. The maximum Gasteiger partial charge on any atom is 0.241 e. The first-order valence-corrected chi connectivity index (χ1v) is 6.72. The van der Waals surface area contributed by atoms with Crippen LogP contribution in [0.1, 0.15) is 34.1 Å². The normalized spacial score (nSPS) is 12.7. The van der Waals surface area contributed by atoms with Gasteiger partial charge >= 0.3 is 0 Å². The summed E-state index contributed by atoms with van der Waals surface area (Å²) in [6.45, 7) is 7.38. The maximum absolute atomic E-state index is 11.9. The lowest BCUT2D eigenvalue weighted by Gasteiger charge is -2.18. The monoisotopic (exact) mass is 277 g/mol. The number of nitrogens with two attached hydrogens (primary N) is 1. The Morgan fingerprint density at radius 3 is 2.25 bits per heavy atom. The average Bonchev–Trinajstić information content (AvgIpc) is 2.37. The molecule has 1 rings (SSSR count). The van der Waals surface area contributed by atoms with Crippen LogP contribution in [-0.2, 0) is 9.59 Å². The molecule has 0 aliphatic heterocycles. The van der Waals surface area contributed by atoms with Gasteiger partial charge in [-0.05, 0) is 24.6 Å². The summed E-state index contributed by atoms with van der Waals surface area (Å²) >= 11 is 0. The number of carbonyl (C=O) groups excluding carboxylic acids is 2. The van der Waals surface area contributed by atoms with Crippen molar-refractivity contribution in [2.45, 2.75) is 40.2 Å². The van der Waals surface area contributed by atoms with Crippen LogP contribution < -0.4 is 16.4 Å². The molecule has 0 radical (unpaired) electrons. The van der Waals surface area contributed by atoms with Crippen molar-refractivity contribution < 1.29 is 9.59 Å². The van der Waals surface area contributed by atoms with Crippen LogP contribution in [0.2, 0.25) is 0 Å². The molecular weight excluding hydrogens is 254 g/mol. The van der Waals surface area contributed by atoms with Crippen LogP contribution in [0.25, 0.3) is 0 Å². The summed E-state index contributed by atoms with van der Waals surface area (Å²) in [5.41, 5.74) is 6.45. The molecule has 0 unspecified atom stereocenters. The summed E-state index contributed by atoms with van der Waals surface area (Å²) in [5.74, 6) is -0.307. The smallest absolute Gasteiger partial charge is 0.241 e. The second-order valence-electron chi connectivity index (χ2n) is 5.79. The highest BCUT2D eigenvalue weighted by Crippen LogP contribution is 2.20. The Morgan fingerprint density at radius 2 is 1.75 bits per heavy atom. The molecule has 0 aliphatic rings. The second-order valence-corrected chi connectivity index (χ2v) is 5.79. The Bertz CT molecular complexity index is 492. The molecule has 0 saturated carbocycles. The van der Waals surface area contributed by atoms with E-state index < -0.39 is 11.5 Å². The summed E-state index contributed by atoms with van der Waals surface area (Å²) in [4.78, 5) is 23.6. The largest absolute Gasteiger partial charge is 0.326 e.